The fraction of sp³-hybridized carbons (Fsp3) is 0.667. The van der Waals surface area contributed by atoms with Crippen molar-refractivity contribution in [1.29, 1.82) is 0 Å². The number of nitrogens with one attached hydrogen (secondary N) is 1. The number of hydrogen-bond donors (Lipinski definition) is 2. The van der Waals surface area contributed by atoms with E-state index in [-0.39, 0.29) is 11.8 Å². The number of aliphatic carboxylic acids is 1. The van der Waals surface area contributed by atoms with Gasteiger partial charge >= 0.3 is 5.97 Å². The molecule has 2 amide bonds. The molecule has 1 saturated heterocycles. The van der Waals surface area contributed by atoms with Gasteiger partial charge in [0.15, 0.2) is 0 Å². The topological polar surface area (TPSA) is 86.7 Å². The van der Waals surface area contributed by atoms with E-state index in [9.17, 15) is 14.4 Å². The smallest absolute Gasteiger partial charge is 0.326 e. The van der Waals surface area contributed by atoms with E-state index in [0.717, 1.165) is 12.8 Å². The van der Waals surface area contributed by atoms with E-state index in [4.69, 9.17) is 5.11 Å². The average Bonchev–Trinajstić information content (AvgIpc) is 2.92. The molecule has 0 aliphatic carbocycles. The standard InChI is InChI=1S/C15H24N2O4/c1-3-5-8-11(15(20)21)16-14(19)12-9-6-10-17(12)13(18)7-4-2/h3,11-12H,1,4-10H2,2H3,(H,16,19)(H,20,21). The largest absolute Gasteiger partial charge is 0.480 e. The molecular formula is C15H24N2O4. The molecule has 118 valence electrons. The number of carboxylic acid groups (broad SMARTS) is 1. The van der Waals surface area contributed by atoms with Crippen LogP contribution in [0, 0.1) is 0 Å². The lowest BCUT2D eigenvalue weighted by Crippen LogP contribution is -2.50. The zero-order valence-corrected chi connectivity index (χ0v) is 12.5. The summed E-state index contributed by atoms with van der Waals surface area (Å²) in [6, 6.07) is -1.46. The average molecular weight is 296 g/mol. The maximum Gasteiger partial charge on any atom is 0.326 e. The molecule has 1 aliphatic heterocycles. The highest BCUT2D eigenvalue weighted by Gasteiger charge is 2.35. The quantitative estimate of drug-likeness (QED) is 0.661. The summed E-state index contributed by atoms with van der Waals surface area (Å²) in [4.78, 5) is 36.9. The second kappa shape index (κ2) is 8.44. The number of hydrogen-bond acceptors (Lipinski definition) is 3. The van der Waals surface area contributed by atoms with Crippen LogP contribution >= 0.6 is 0 Å². The van der Waals surface area contributed by atoms with Crippen molar-refractivity contribution in [2.45, 2.75) is 57.5 Å². The van der Waals surface area contributed by atoms with Crippen LogP contribution in [-0.2, 0) is 14.4 Å². The summed E-state index contributed by atoms with van der Waals surface area (Å²) in [5.41, 5.74) is 0. The number of allylic oxidation sites excluding steroid dienone is 1. The second-order valence-electron chi connectivity index (χ2n) is 5.26. The lowest BCUT2D eigenvalue weighted by Gasteiger charge is -2.25. The van der Waals surface area contributed by atoms with Crippen molar-refractivity contribution in [2.24, 2.45) is 0 Å². The number of likely N-dealkylation sites (tertiary alicyclic amines) is 1. The van der Waals surface area contributed by atoms with Gasteiger partial charge in [0.1, 0.15) is 12.1 Å². The van der Waals surface area contributed by atoms with Crippen molar-refractivity contribution in [3.05, 3.63) is 12.7 Å². The molecule has 1 aliphatic rings. The molecule has 21 heavy (non-hydrogen) atoms. The van der Waals surface area contributed by atoms with Crippen molar-refractivity contribution in [1.82, 2.24) is 10.2 Å². The lowest BCUT2D eigenvalue weighted by molar-refractivity contribution is -0.144. The minimum absolute atomic E-state index is 0.0342. The fourth-order valence-electron chi connectivity index (χ4n) is 2.51. The highest BCUT2D eigenvalue weighted by molar-refractivity contribution is 5.90. The van der Waals surface area contributed by atoms with Gasteiger partial charge in [-0.05, 0) is 32.1 Å². The van der Waals surface area contributed by atoms with Crippen molar-refractivity contribution in [3.63, 3.8) is 0 Å². The minimum atomic E-state index is -1.06. The fourth-order valence-corrected chi connectivity index (χ4v) is 2.51. The number of carbonyl (C=O) groups excluding carboxylic acids is 2. The third-order valence-corrected chi connectivity index (χ3v) is 3.61. The van der Waals surface area contributed by atoms with Gasteiger partial charge in [-0.2, -0.15) is 0 Å². The zero-order chi connectivity index (χ0) is 15.8. The Kier molecular flexibility index (Phi) is 6.91. The molecular weight excluding hydrogens is 272 g/mol. The number of carboxylic acids is 1. The van der Waals surface area contributed by atoms with Crippen molar-refractivity contribution in [3.8, 4) is 0 Å². The molecule has 0 radical (unpaired) electrons. The van der Waals surface area contributed by atoms with Gasteiger partial charge in [0.25, 0.3) is 0 Å². The molecule has 2 atom stereocenters. The molecule has 0 bridgehead atoms. The molecule has 2 N–H and O–H groups in total. The highest BCUT2D eigenvalue weighted by atomic mass is 16.4. The molecule has 1 rings (SSSR count). The number of rotatable bonds is 8. The van der Waals surface area contributed by atoms with Crippen LogP contribution in [0.25, 0.3) is 0 Å². The third kappa shape index (κ3) is 4.88. The summed E-state index contributed by atoms with van der Waals surface area (Å²) in [6.45, 7) is 6.03. The van der Waals surface area contributed by atoms with Gasteiger partial charge in [-0.1, -0.05) is 13.0 Å². The Labute approximate surface area is 125 Å². The van der Waals surface area contributed by atoms with E-state index >= 15 is 0 Å². The maximum atomic E-state index is 12.2. The van der Waals surface area contributed by atoms with Gasteiger partial charge in [0.2, 0.25) is 11.8 Å². The molecule has 0 aromatic heterocycles. The summed E-state index contributed by atoms with van der Waals surface area (Å²) in [6.07, 6.45) is 4.96. The van der Waals surface area contributed by atoms with E-state index in [1.54, 1.807) is 11.0 Å². The molecule has 2 unspecified atom stereocenters. The Bertz CT molecular complexity index is 408. The summed E-state index contributed by atoms with van der Waals surface area (Å²) in [7, 11) is 0. The monoisotopic (exact) mass is 296 g/mol. The molecule has 0 spiro atoms. The molecule has 0 saturated carbocycles. The van der Waals surface area contributed by atoms with Gasteiger partial charge in [0, 0.05) is 13.0 Å². The first kappa shape index (κ1) is 17.2. The highest BCUT2D eigenvalue weighted by Crippen LogP contribution is 2.19. The molecule has 6 heteroatoms. The second-order valence-corrected chi connectivity index (χ2v) is 5.26. The molecule has 6 nitrogen and oxygen atoms in total. The summed E-state index contributed by atoms with van der Waals surface area (Å²) in [5.74, 6) is -1.46. The number of nitrogens with zero attached hydrogens (tertiary/aromatic N) is 1. The van der Waals surface area contributed by atoms with E-state index in [0.29, 0.717) is 32.2 Å². The van der Waals surface area contributed by atoms with Gasteiger partial charge in [-0.3, -0.25) is 9.59 Å². The molecule has 0 aromatic carbocycles. The summed E-state index contributed by atoms with van der Waals surface area (Å²) >= 11 is 0. The summed E-state index contributed by atoms with van der Waals surface area (Å²) in [5, 5.41) is 11.7. The van der Waals surface area contributed by atoms with E-state index in [2.05, 4.69) is 11.9 Å². The normalized spacial score (nSPS) is 19.1. The predicted octanol–water partition coefficient (Wildman–Crippen LogP) is 1.31. The first-order valence-corrected chi connectivity index (χ1v) is 7.44. The third-order valence-electron chi connectivity index (χ3n) is 3.61. The maximum absolute atomic E-state index is 12.2. The van der Waals surface area contributed by atoms with Crippen molar-refractivity contribution >= 4 is 17.8 Å². The van der Waals surface area contributed by atoms with Crippen LogP contribution in [-0.4, -0.2) is 46.4 Å². The molecule has 1 fully saturated rings. The Balaban J connectivity index is 2.65. The van der Waals surface area contributed by atoms with Crippen LogP contribution in [0.15, 0.2) is 12.7 Å². The summed E-state index contributed by atoms with van der Waals surface area (Å²) < 4.78 is 0. The molecule has 0 aromatic rings. The number of amides is 2. The van der Waals surface area contributed by atoms with E-state index in [1.807, 2.05) is 6.92 Å². The van der Waals surface area contributed by atoms with Crippen LogP contribution in [0.5, 0.6) is 0 Å². The van der Waals surface area contributed by atoms with Gasteiger partial charge in [-0.25, -0.2) is 4.79 Å². The predicted molar refractivity (Wildman–Crippen MR) is 78.6 cm³/mol. The van der Waals surface area contributed by atoms with Crippen molar-refractivity contribution in [2.75, 3.05) is 6.54 Å². The van der Waals surface area contributed by atoms with E-state index in [1.165, 1.54) is 0 Å². The molecule has 1 heterocycles. The number of carbonyl (C=O) groups is 3. The minimum Gasteiger partial charge on any atom is -0.480 e. The first-order chi connectivity index (χ1) is 10.0. The van der Waals surface area contributed by atoms with Crippen LogP contribution in [0.4, 0.5) is 0 Å². The van der Waals surface area contributed by atoms with Crippen molar-refractivity contribution < 1.29 is 19.5 Å². The lowest BCUT2D eigenvalue weighted by atomic mass is 10.1. The Morgan fingerprint density at radius 2 is 2.19 bits per heavy atom. The van der Waals surface area contributed by atoms with Crippen LogP contribution < -0.4 is 5.32 Å². The Morgan fingerprint density at radius 3 is 2.76 bits per heavy atom. The Hall–Kier alpha value is -1.85. The first-order valence-electron chi connectivity index (χ1n) is 7.44. The SMILES string of the molecule is C=CCCC(NC(=O)C1CCCN1C(=O)CCC)C(=O)O. The Morgan fingerprint density at radius 1 is 1.48 bits per heavy atom. The van der Waals surface area contributed by atoms with Crippen LogP contribution in [0.3, 0.4) is 0 Å². The van der Waals surface area contributed by atoms with Gasteiger partial charge < -0.3 is 15.3 Å². The zero-order valence-electron chi connectivity index (χ0n) is 12.5. The van der Waals surface area contributed by atoms with Gasteiger partial charge in [0.05, 0.1) is 0 Å². The van der Waals surface area contributed by atoms with Crippen LogP contribution in [0.2, 0.25) is 0 Å². The van der Waals surface area contributed by atoms with Gasteiger partial charge in [-0.15, -0.1) is 6.58 Å². The van der Waals surface area contributed by atoms with E-state index < -0.39 is 18.1 Å². The van der Waals surface area contributed by atoms with Crippen LogP contribution in [0.1, 0.15) is 45.4 Å².